The summed E-state index contributed by atoms with van der Waals surface area (Å²) in [5.74, 6) is -0.851. The Hall–Kier alpha value is -1.85. The Morgan fingerprint density at radius 1 is 1.39 bits per heavy atom. The quantitative estimate of drug-likeness (QED) is 0.825. The van der Waals surface area contributed by atoms with Gasteiger partial charge < -0.3 is 14.9 Å². The van der Waals surface area contributed by atoms with Crippen LogP contribution in [-0.2, 0) is 4.79 Å². The van der Waals surface area contributed by atoms with Crippen LogP contribution in [0.2, 0.25) is 5.15 Å². The van der Waals surface area contributed by atoms with Gasteiger partial charge >= 0.3 is 5.97 Å². The summed E-state index contributed by atoms with van der Waals surface area (Å²) in [7, 11) is 0. The highest BCUT2D eigenvalue weighted by Crippen LogP contribution is 2.21. The fraction of sp³-hybridized carbons (Fsp3) is 0.167. The smallest absolute Gasteiger partial charge is 0.336 e. The third-order valence-electron chi connectivity index (χ3n) is 2.32. The maximum atomic E-state index is 10.4. The molecule has 0 radical (unpaired) electrons. The number of carbonyl (C=O) groups is 1. The summed E-state index contributed by atoms with van der Waals surface area (Å²) in [4.78, 5) is 14.5. The molecule has 1 atom stereocenters. The molecule has 0 saturated heterocycles. The Morgan fingerprint density at radius 2 is 2.17 bits per heavy atom. The molecular formula is C12H10ClNO4. The first-order valence-electron chi connectivity index (χ1n) is 5.16. The molecule has 1 aromatic heterocycles. The second-order valence-electron chi connectivity index (χ2n) is 3.65. The normalized spacial score (nSPS) is 12.3. The fourth-order valence-electron chi connectivity index (χ4n) is 1.42. The van der Waals surface area contributed by atoms with E-state index in [1.165, 1.54) is 0 Å². The molecule has 1 aromatic carbocycles. The Bertz CT molecular complexity index is 587. The molecule has 0 aliphatic rings. The fourth-order valence-corrected chi connectivity index (χ4v) is 1.57. The van der Waals surface area contributed by atoms with Gasteiger partial charge in [0.2, 0.25) is 0 Å². The molecule has 0 spiro atoms. The van der Waals surface area contributed by atoms with Gasteiger partial charge in [-0.25, -0.2) is 9.78 Å². The zero-order valence-electron chi connectivity index (χ0n) is 9.21. The molecule has 1 unspecified atom stereocenters. The molecule has 6 heteroatoms. The van der Waals surface area contributed by atoms with Crippen molar-refractivity contribution < 1.29 is 19.7 Å². The van der Waals surface area contributed by atoms with Gasteiger partial charge in [0.15, 0.2) is 6.10 Å². The number of fused-ring (bicyclic) bond motifs is 1. The van der Waals surface area contributed by atoms with Crippen LogP contribution in [0.5, 0.6) is 5.75 Å². The molecule has 94 valence electrons. The number of aliphatic hydroxyl groups is 1. The first kappa shape index (κ1) is 12.6. The van der Waals surface area contributed by atoms with Crippen LogP contribution in [0.15, 0.2) is 30.3 Å². The average Bonchev–Trinajstić information content (AvgIpc) is 2.35. The first-order chi connectivity index (χ1) is 8.56. The minimum atomic E-state index is -1.54. The third kappa shape index (κ3) is 2.88. The lowest BCUT2D eigenvalue weighted by atomic mass is 10.2. The lowest BCUT2D eigenvalue weighted by Crippen LogP contribution is -2.26. The number of hydrogen-bond acceptors (Lipinski definition) is 4. The van der Waals surface area contributed by atoms with E-state index in [1.807, 2.05) is 0 Å². The van der Waals surface area contributed by atoms with Crippen molar-refractivity contribution in [2.45, 2.75) is 6.10 Å². The van der Waals surface area contributed by atoms with E-state index in [-0.39, 0.29) is 6.61 Å². The standard InChI is InChI=1S/C12H10ClNO4/c13-11-4-1-7-5-8(2-3-9(7)14-11)18-6-10(15)12(16)17/h1-5,10,15H,6H2,(H,16,17). The van der Waals surface area contributed by atoms with Crippen molar-refractivity contribution in [2.75, 3.05) is 6.61 Å². The van der Waals surface area contributed by atoms with Crippen LogP contribution in [0.3, 0.4) is 0 Å². The van der Waals surface area contributed by atoms with Gasteiger partial charge in [0, 0.05) is 5.39 Å². The molecule has 0 aliphatic heterocycles. The summed E-state index contributed by atoms with van der Waals surface area (Å²) in [5.41, 5.74) is 0.716. The monoisotopic (exact) mass is 267 g/mol. The summed E-state index contributed by atoms with van der Waals surface area (Å²) in [5, 5.41) is 18.8. The van der Waals surface area contributed by atoms with Gasteiger partial charge in [-0.15, -0.1) is 0 Å². The Morgan fingerprint density at radius 3 is 2.89 bits per heavy atom. The maximum Gasteiger partial charge on any atom is 0.336 e. The summed E-state index contributed by atoms with van der Waals surface area (Å²) < 4.78 is 5.18. The van der Waals surface area contributed by atoms with E-state index in [2.05, 4.69) is 4.98 Å². The Balaban J connectivity index is 2.15. The van der Waals surface area contributed by atoms with Crippen LogP contribution in [0.1, 0.15) is 0 Å². The molecule has 2 N–H and O–H groups in total. The van der Waals surface area contributed by atoms with E-state index >= 15 is 0 Å². The van der Waals surface area contributed by atoms with Gasteiger partial charge in [0.1, 0.15) is 17.5 Å². The maximum absolute atomic E-state index is 10.4. The van der Waals surface area contributed by atoms with E-state index in [0.717, 1.165) is 5.39 Å². The minimum absolute atomic E-state index is 0.304. The second kappa shape index (κ2) is 5.20. The number of ether oxygens (including phenoxy) is 1. The minimum Gasteiger partial charge on any atom is -0.490 e. The van der Waals surface area contributed by atoms with E-state index in [1.54, 1.807) is 30.3 Å². The number of aromatic nitrogens is 1. The van der Waals surface area contributed by atoms with Crippen LogP contribution < -0.4 is 4.74 Å². The van der Waals surface area contributed by atoms with Crippen molar-refractivity contribution in [1.82, 2.24) is 4.98 Å². The van der Waals surface area contributed by atoms with Crippen molar-refractivity contribution in [1.29, 1.82) is 0 Å². The van der Waals surface area contributed by atoms with E-state index in [4.69, 9.17) is 26.6 Å². The van der Waals surface area contributed by atoms with Crippen molar-refractivity contribution in [3.05, 3.63) is 35.5 Å². The highest BCUT2D eigenvalue weighted by Gasteiger charge is 2.13. The SMILES string of the molecule is O=C(O)C(O)COc1ccc2nc(Cl)ccc2c1. The lowest BCUT2D eigenvalue weighted by Gasteiger charge is -2.09. The average molecular weight is 268 g/mol. The highest BCUT2D eigenvalue weighted by molar-refractivity contribution is 6.29. The van der Waals surface area contributed by atoms with Gasteiger partial charge in [-0.2, -0.15) is 0 Å². The number of aliphatic hydroxyl groups excluding tert-OH is 1. The molecule has 18 heavy (non-hydrogen) atoms. The van der Waals surface area contributed by atoms with Crippen molar-refractivity contribution in [3.63, 3.8) is 0 Å². The van der Waals surface area contributed by atoms with Crippen LogP contribution >= 0.6 is 11.6 Å². The summed E-state index contributed by atoms with van der Waals surface area (Å²) in [6, 6.07) is 8.49. The molecule has 2 rings (SSSR count). The number of carboxylic acids is 1. The number of halogens is 1. The van der Waals surface area contributed by atoms with Gasteiger partial charge in [-0.1, -0.05) is 11.6 Å². The molecule has 0 aliphatic carbocycles. The van der Waals surface area contributed by atoms with Crippen molar-refractivity contribution in [2.24, 2.45) is 0 Å². The molecule has 0 saturated carbocycles. The number of aliphatic carboxylic acids is 1. The number of benzene rings is 1. The molecule has 0 fully saturated rings. The van der Waals surface area contributed by atoms with Crippen molar-refractivity contribution >= 4 is 28.5 Å². The summed E-state index contributed by atoms with van der Waals surface area (Å²) in [6.07, 6.45) is -1.54. The predicted molar refractivity (Wildman–Crippen MR) is 65.9 cm³/mol. The molecule has 2 aromatic rings. The van der Waals surface area contributed by atoms with E-state index < -0.39 is 12.1 Å². The van der Waals surface area contributed by atoms with Crippen LogP contribution in [0.4, 0.5) is 0 Å². The Labute approximate surface area is 108 Å². The van der Waals surface area contributed by atoms with Crippen molar-refractivity contribution in [3.8, 4) is 5.75 Å². The summed E-state index contributed by atoms with van der Waals surface area (Å²) in [6.45, 7) is -0.304. The van der Waals surface area contributed by atoms with Gasteiger partial charge in [0.25, 0.3) is 0 Å². The number of nitrogens with zero attached hydrogens (tertiary/aromatic N) is 1. The summed E-state index contributed by atoms with van der Waals surface area (Å²) >= 11 is 5.76. The number of carboxylic acid groups (broad SMARTS) is 1. The third-order valence-corrected chi connectivity index (χ3v) is 2.53. The lowest BCUT2D eigenvalue weighted by molar-refractivity contribution is -0.148. The second-order valence-corrected chi connectivity index (χ2v) is 4.04. The number of pyridine rings is 1. The highest BCUT2D eigenvalue weighted by atomic mass is 35.5. The first-order valence-corrected chi connectivity index (χ1v) is 5.54. The topological polar surface area (TPSA) is 79.7 Å². The van der Waals surface area contributed by atoms with Crippen LogP contribution in [-0.4, -0.2) is 33.9 Å². The number of hydrogen-bond donors (Lipinski definition) is 2. The Kier molecular flexibility index (Phi) is 3.64. The largest absolute Gasteiger partial charge is 0.490 e. The molecule has 1 heterocycles. The van der Waals surface area contributed by atoms with Crippen LogP contribution in [0, 0.1) is 0 Å². The van der Waals surface area contributed by atoms with Gasteiger partial charge in [-0.05, 0) is 30.3 Å². The molecule has 0 amide bonds. The van der Waals surface area contributed by atoms with Gasteiger partial charge in [0.05, 0.1) is 5.52 Å². The molecule has 5 nitrogen and oxygen atoms in total. The van der Waals surface area contributed by atoms with E-state index in [0.29, 0.717) is 16.4 Å². The zero-order valence-corrected chi connectivity index (χ0v) is 9.96. The predicted octanol–water partition coefficient (Wildman–Crippen LogP) is 1.71. The van der Waals surface area contributed by atoms with E-state index in [9.17, 15) is 4.79 Å². The zero-order chi connectivity index (χ0) is 13.1. The molecular weight excluding hydrogens is 258 g/mol. The van der Waals surface area contributed by atoms with Crippen LogP contribution in [0.25, 0.3) is 10.9 Å². The number of rotatable bonds is 4. The molecule has 0 bridgehead atoms. The van der Waals surface area contributed by atoms with Gasteiger partial charge in [-0.3, -0.25) is 0 Å².